The molecule has 0 aliphatic rings. The molecule has 0 bridgehead atoms. The van der Waals surface area contributed by atoms with Gasteiger partial charge in [0.25, 0.3) is 0 Å². The van der Waals surface area contributed by atoms with E-state index < -0.39 is 0 Å². The summed E-state index contributed by atoms with van der Waals surface area (Å²) in [6.07, 6.45) is 0.508. The number of benzene rings is 2. The van der Waals surface area contributed by atoms with E-state index in [1.165, 1.54) is 16.9 Å². The molecule has 0 saturated heterocycles. The van der Waals surface area contributed by atoms with Crippen molar-refractivity contribution >= 4 is 45.7 Å². The molecule has 0 aliphatic heterocycles. The van der Waals surface area contributed by atoms with Crippen LogP contribution in [0.15, 0.2) is 63.5 Å². The average Bonchev–Trinajstić information content (AvgIpc) is 3.41. The molecule has 152 valence electrons. The molecule has 0 atom stereocenters. The molecule has 2 aromatic carbocycles. The van der Waals surface area contributed by atoms with E-state index in [-0.39, 0.29) is 12.3 Å². The second-order valence-corrected chi connectivity index (χ2v) is 8.79. The molecule has 0 unspecified atom stereocenters. The first-order chi connectivity index (χ1) is 14.7. The minimum Gasteiger partial charge on any atom is -0.339 e. The third kappa shape index (κ3) is 5.44. The van der Waals surface area contributed by atoms with Crippen LogP contribution in [0.25, 0.3) is 11.4 Å². The maximum atomic E-state index is 12.2. The number of rotatable bonds is 8. The lowest BCUT2D eigenvalue weighted by Gasteiger charge is -1.98. The highest BCUT2D eigenvalue weighted by Crippen LogP contribution is 2.28. The third-order valence-corrected chi connectivity index (χ3v) is 6.38. The van der Waals surface area contributed by atoms with Crippen molar-refractivity contribution in [3.05, 3.63) is 71.1 Å². The largest absolute Gasteiger partial charge is 0.339 e. The number of aryl methyl sites for hydroxylation is 1. The summed E-state index contributed by atoms with van der Waals surface area (Å²) in [6.45, 7) is 0. The van der Waals surface area contributed by atoms with E-state index in [9.17, 15) is 4.79 Å². The molecule has 7 nitrogen and oxygen atoms in total. The monoisotopic (exact) mass is 457 g/mol. The SMILES string of the molecule is O=C(CCc1nc(-c2ccccc2Cl)no1)Nc1nnc(SCc2ccccc2)s1. The molecule has 10 heteroatoms. The fourth-order valence-electron chi connectivity index (χ4n) is 2.55. The van der Waals surface area contributed by atoms with Gasteiger partial charge >= 0.3 is 0 Å². The van der Waals surface area contributed by atoms with Gasteiger partial charge in [-0.05, 0) is 17.7 Å². The van der Waals surface area contributed by atoms with Gasteiger partial charge in [0.15, 0.2) is 4.34 Å². The van der Waals surface area contributed by atoms with Gasteiger partial charge < -0.3 is 9.84 Å². The van der Waals surface area contributed by atoms with Crippen LogP contribution in [0, 0.1) is 0 Å². The van der Waals surface area contributed by atoms with Crippen LogP contribution in [0.5, 0.6) is 0 Å². The number of carbonyl (C=O) groups is 1. The Labute approximate surface area is 185 Å². The fraction of sp³-hybridized carbons (Fsp3) is 0.150. The molecule has 4 aromatic rings. The minimum atomic E-state index is -0.191. The number of halogens is 1. The van der Waals surface area contributed by atoms with Crippen LogP contribution in [0.4, 0.5) is 5.13 Å². The molecule has 4 rings (SSSR count). The van der Waals surface area contributed by atoms with E-state index in [0.29, 0.717) is 33.9 Å². The van der Waals surface area contributed by atoms with Crippen LogP contribution < -0.4 is 5.32 Å². The molecule has 2 aromatic heterocycles. The quantitative estimate of drug-likeness (QED) is 0.290. The Morgan fingerprint density at radius 3 is 2.73 bits per heavy atom. The zero-order valence-corrected chi connectivity index (χ0v) is 18.0. The number of anilines is 1. The van der Waals surface area contributed by atoms with E-state index in [1.54, 1.807) is 17.8 Å². The second kappa shape index (κ2) is 9.84. The number of amides is 1. The van der Waals surface area contributed by atoms with Gasteiger partial charge in [-0.15, -0.1) is 10.2 Å². The van der Waals surface area contributed by atoms with E-state index in [1.807, 2.05) is 36.4 Å². The zero-order valence-electron chi connectivity index (χ0n) is 15.6. The standard InChI is InChI=1S/C20H16ClN5O2S2/c21-15-9-5-4-8-14(15)18-23-17(28-26-18)11-10-16(27)22-19-24-25-20(30-19)29-12-13-6-2-1-3-7-13/h1-9H,10-12H2,(H,22,24,27). The average molecular weight is 458 g/mol. The predicted octanol–water partition coefficient (Wildman–Crippen LogP) is 5.11. The summed E-state index contributed by atoms with van der Waals surface area (Å²) in [5.41, 5.74) is 1.90. The van der Waals surface area contributed by atoms with Gasteiger partial charge in [0.2, 0.25) is 22.8 Å². The maximum absolute atomic E-state index is 12.2. The van der Waals surface area contributed by atoms with Crippen LogP contribution in [0.1, 0.15) is 17.9 Å². The number of hydrogen-bond acceptors (Lipinski definition) is 8. The van der Waals surface area contributed by atoms with E-state index >= 15 is 0 Å². The van der Waals surface area contributed by atoms with Crippen molar-refractivity contribution in [2.75, 3.05) is 5.32 Å². The van der Waals surface area contributed by atoms with Crippen molar-refractivity contribution in [1.29, 1.82) is 0 Å². The van der Waals surface area contributed by atoms with Crippen LogP contribution in [0.2, 0.25) is 5.02 Å². The van der Waals surface area contributed by atoms with Gasteiger partial charge in [-0.1, -0.05) is 82.3 Å². The molecular formula is C20H16ClN5O2S2. The highest BCUT2D eigenvalue weighted by molar-refractivity contribution is 8.00. The summed E-state index contributed by atoms with van der Waals surface area (Å²) in [4.78, 5) is 16.5. The summed E-state index contributed by atoms with van der Waals surface area (Å²) in [5, 5.41) is 15.8. The van der Waals surface area contributed by atoms with Gasteiger partial charge in [0, 0.05) is 24.2 Å². The van der Waals surface area contributed by atoms with Crippen molar-refractivity contribution in [1.82, 2.24) is 20.3 Å². The van der Waals surface area contributed by atoms with Crippen LogP contribution in [0.3, 0.4) is 0 Å². The minimum absolute atomic E-state index is 0.191. The molecule has 2 heterocycles. The van der Waals surface area contributed by atoms with Crippen molar-refractivity contribution in [2.24, 2.45) is 0 Å². The molecule has 1 N–H and O–H groups in total. The number of hydrogen-bond donors (Lipinski definition) is 1. The van der Waals surface area contributed by atoms with Gasteiger partial charge in [0.05, 0.1) is 5.02 Å². The smallest absolute Gasteiger partial charge is 0.227 e. The summed E-state index contributed by atoms with van der Waals surface area (Å²) in [7, 11) is 0. The lowest BCUT2D eigenvalue weighted by molar-refractivity contribution is -0.116. The molecule has 0 saturated carbocycles. The molecule has 0 fully saturated rings. The van der Waals surface area contributed by atoms with Crippen molar-refractivity contribution < 1.29 is 9.32 Å². The predicted molar refractivity (Wildman–Crippen MR) is 118 cm³/mol. The lowest BCUT2D eigenvalue weighted by Crippen LogP contribution is -2.12. The zero-order chi connectivity index (χ0) is 20.8. The summed E-state index contributed by atoms with van der Waals surface area (Å²) >= 11 is 9.08. The third-order valence-electron chi connectivity index (χ3n) is 4.01. The Morgan fingerprint density at radius 2 is 1.90 bits per heavy atom. The Morgan fingerprint density at radius 1 is 1.10 bits per heavy atom. The summed E-state index contributed by atoms with van der Waals surface area (Å²) < 4.78 is 6.03. The fourth-order valence-corrected chi connectivity index (χ4v) is 4.49. The first-order valence-electron chi connectivity index (χ1n) is 9.05. The summed E-state index contributed by atoms with van der Waals surface area (Å²) in [5.74, 6) is 1.38. The maximum Gasteiger partial charge on any atom is 0.227 e. The van der Waals surface area contributed by atoms with Gasteiger partial charge in [0.1, 0.15) is 0 Å². The number of carbonyl (C=O) groups excluding carboxylic acids is 1. The summed E-state index contributed by atoms with van der Waals surface area (Å²) in [6, 6.07) is 17.4. The van der Waals surface area contributed by atoms with Crippen LogP contribution in [-0.2, 0) is 17.0 Å². The number of nitrogens with zero attached hydrogens (tertiary/aromatic N) is 4. The normalized spacial score (nSPS) is 10.8. The lowest BCUT2D eigenvalue weighted by atomic mass is 10.2. The van der Waals surface area contributed by atoms with Crippen molar-refractivity contribution in [2.45, 2.75) is 22.9 Å². The number of nitrogens with one attached hydrogen (secondary N) is 1. The van der Waals surface area contributed by atoms with Gasteiger partial charge in [-0.25, -0.2) is 0 Å². The van der Waals surface area contributed by atoms with E-state index in [2.05, 4.69) is 37.8 Å². The van der Waals surface area contributed by atoms with E-state index in [4.69, 9.17) is 16.1 Å². The van der Waals surface area contributed by atoms with Crippen LogP contribution >= 0.6 is 34.7 Å². The van der Waals surface area contributed by atoms with Crippen LogP contribution in [-0.4, -0.2) is 26.2 Å². The number of thioether (sulfide) groups is 1. The topological polar surface area (TPSA) is 93.8 Å². The molecular weight excluding hydrogens is 442 g/mol. The Kier molecular flexibility index (Phi) is 6.73. The van der Waals surface area contributed by atoms with Gasteiger partial charge in [-0.3, -0.25) is 4.79 Å². The van der Waals surface area contributed by atoms with Gasteiger partial charge in [-0.2, -0.15) is 4.98 Å². The molecule has 1 amide bonds. The highest BCUT2D eigenvalue weighted by atomic mass is 35.5. The molecule has 0 spiro atoms. The number of aromatic nitrogens is 4. The van der Waals surface area contributed by atoms with Crippen molar-refractivity contribution in [3.63, 3.8) is 0 Å². The Hall–Kier alpha value is -2.75. The highest BCUT2D eigenvalue weighted by Gasteiger charge is 2.14. The molecule has 0 radical (unpaired) electrons. The van der Waals surface area contributed by atoms with Crippen molar-refractivity contribution in [3.8, 4) is 11.4 Å². The van der Waals surface area contributed by atoms with E-state index in [0.717, 1.165) is 10.1 Å². The Balaban J connectivity index is 1.26. The molecule has 0 aliphatic carbocycles. The Bertz CT molecular complexity index is 1130. The first kappa shape index (κ1) is 20.5. The molecule has 30 heavy (non-hydrogen) atoms. The second-order valence-electron chi connectivity index (χ2n) is 6.19. The first-order valence-corrected chi connectivity index (χ1v) is 11.2.